The number of hydrogen-bond donors (Lipinski definition) is 0. The van der Waals surface area contributed by atoms with Crippen LogP contribution in [0.2, 0.25) is 0 Å². The van der Waals surface area contributed by atoms with Crippen LogP contribution in [-0.4, -0.2) is 30.7 Å². The van der Waals surface area contributed by atoms with Crippen molar-refractivity contribution < 1.29 is 17.9 Å². The Balaban J connectivity index is 1.56. The highest BCUT2D eigenvalue weighted by Gasteiger charge is 2.32. The van der Waals surface area contributed by atoms with Gasteiger partial charge in [0.2, 0.25) is 0 Å². The molecular formula is C21H24F3NO. The normalized spacial score (nSPS) is 16.6. The zero-order valence-corrected chi connectivity index (χ0v) is 14.9. The summed E-state index contributed by atoms with van der Waals surface area (Å²) in [4.78, 5) is 1.50. The van der Waals surface area contributed by atoms with Crippen molar-refractivity contribution in [3.8, 4) is 5.75 Å². The van der Waals surface area contributed by atoms with Crippen LogP contribution in [0.5, 0.6) is 5.75 Å². The molecule has 1 saturated heterocycles. The number of aryl methyl sites for hydroxylation is 1. The van der Waals surface area contributed by atoms with Crippen LogP contribution in [0.4, 0.5) is 13.2 Å². The third-order valence-electron chi connectivity index (χ3n) is 4.90. The first-order valence-corrected chi connectivity index (χ1v) is 8.97. The Morgan fingerprint density at radius 2 is 1.73 bits per heavy atom. The lowest BCUT2D eigenvalue weighted by Gasteiger charge is -2.32. The number of halogens is 3. The average Bonchev–Trinajstić information content (AvgIpc) is 2.61. The van der Waals surface area contributed by atoms with E-state index in [2.05, 4.69) is 12.1 Å². The minimum absolute atomic E-state index is 0.321. The fourth-order valence-electron chi connectivity index (χ4n) is 3.50. The van der Waals surface area contributed by atoms with Gasteiger partial charge in [-0.15, -0.1) is 0 Å². The fourth-order valence-corrected chi connectivity index (χ4v) is 3.50. The SMILES string of the molecule is Cc1cc(C2CCN(CC(F)(F)F)CC2)ccc1OCc1ccccc1. The summed E-state index contributed by atoms with van der Waals surface area (Å²) in [6.45, 7) is 2.73. The highest BCUT2D eigenvalue weighted by Crippen LogP contribution is 2.32. The Morgan fingerprint density at radius 1 is 1.04 bits per heavy atom. The van der Waals surface area contributed by atoms with Gasteiger partial charge in [-0.2, -0.15) is 13.2 Å². The largest absolute Gasteiger partial charge is 0.489 e. The molecule has 0 aromatic heterocycles. The summed E-state index contributed by atoms with van der Waals surface area (Å²) in [5, 5.41) is 0. The van der Waals surface area contributed by atoms with Crippen LogP contribution in [0.3, 0.4) is 0 Å². The summed E-state index contributed by atoms with van der Waals surface area (Å²) in [6, 6.07) is 16.2. The fraction of sp³-hybridized carbons (Fsp3) is 0.429. The molecular weight excluding hydrogens is 339 g/mol. The number of alkyl halides is 3. The molecule has 0 radical (unpaired) electrons. The van der Waals surface area contributed by atoms with Crippen LogP contribution < -0.4 is 4.74 Å². The van der Waals surface area contributed by atoms with Crippen molar-refractivity contribution in [1.82, 2.24) is 4.90 Å². The number of nitrogens with zero attached hydrogens (tertiary/aromatic N) is 1. The van der Waals surface area contributed by atoms with Crippen molar-refractivity contribution >= 4 is 0 Å². The van der Waals surface area contributed by atoms with E-state index in [1.807, 2.05) is 43.3 Å². The lowest BCUT2D eigenvalue weighted by Crippen LogP contribution is -2.39. The third-order valence-corrected chi connectivity index (χ3v) is 4.90. The van der Waals surface area contributed by atoms with Crippen LogP contribution in [0.1, 0.15) is 35.4 Å². The molecule has 0 N–H and O–H groups in total. The number of piperidine rings is 1. The standard InChI is InChI=1S/C21H24F3NO/c1-16-13-19(18-9-11-25(12-10-18)15-21(22,23)24)7-8-20(16)26-14-17-5-3-2-4-6-17/h2-8,13,18H,9-12,14-15H2,1H3. The summed E-state index contributed by atoms with van der Waals surface area (Å²) in [6.07, 6.45) is -2.58. The van der Waals surface area contributed by atoms with Crippen LogP contribution >= 0.6 is 0 Å². The minimum atomic E-state index is -4.11. The topological polar surface area (TPSA) is 12.5 Å². The molecule has 0 spiro atoms. The van der Waals surface area contributed by atoms with Crippen molar-refractivity contribution in [3.05, 3.63) is 65.2 Å². The number of likely N-dealkylation sites (tertiary alicyclic amines) is 1. The maximum absolute atomic E-state index is 12.5. The van der Waals surface area contributed by atoms with Gasteiger partial charge in [0.15, 0.2) is 0 Å². The molecule has 2 aromatic rings. The zero-order valence-electron chi connectivity index (χ0n) is 14.9. The van der Waals surface area contributed by atoms with Gasteiger partial charge in [-0.05, 0) is 61.5 Å². The molecule has 1 heterocycles. The molecule has 1 aliphatic rings. The lowest BCUT2D eigenvalue weighted by atomic mass is 9.88. The molecule has 0 atom stereocenters. The molecule has 1 fully saturated rings. The molecule has 140 valence electrons. The van der Waals surface area contributed by atoms with Gasteiger partial charge in [0.05, 0.1) is 6.54 Å². The molecule has 0 aliphatic carbocycles. The molecule has 26 heavy (non-hydrogen) atoms. The van der Waals surface area contributed by atoms with Crippen LogP contribution in [0.15, 0.2) is 48.5 Å². The quantitative estimate of drug-likeness (QED) is 0.713. The van der Waals surface area contributed by atoms with Gasteiger partial charge in [0, 0.05) is 0 Å². The van der Waals surface area contributed by atoms with Crippen molar-refractivity contribution in [2.45, 2.75) is 38.5 Å². The Hall–Kier alpha value is -2.01. The number of benzene rings is 2. The maximum atomic E-state index is 12.5. The van der Waals surface area contributed by atoms with E-state index in [9.17, 15) is 13.2 Å². The van der Waals surface area contributed by atoms with E-state index in [1.54, 1.807) is 0 Å². The van der Waals surface area contributed by atoms with E-state index in [4.69, 9.17) is 4.74 Å². The van der Waals surface area contributed by atoms with Crippen LogP contribution in [0, 0.1) is 6.92 Å². The molecule has 0 unspecified atom stereocenters. The second-order valence-corrected chi connectivity index (χ2v) is 6.96. The molecule has 0 bridgehead atoms. The summed E-state index contributed by atoms with van der Waals surface area (Å²) in [5.74, 6) is 1.17. The average molecular weight is 363 g/mol. The van der Waals surface area contributed by atoms with Gasteiger partial charge in [-0.1, -0.05) is 42.5 Å². The number of rotatable bonds is 5. The van der Waals surface area contributed by atoms with Crippen LogP contribution in [-0.2, 0) is 6.61 Å². The van der Waals surface area contributed by atoms with Gasteiger partial charge in [-0.3, -0.25) is 4.90 Å². The smallest absolute Gasteiger partial charge is 0.401 e. The summed E-state index contributed by atoms with van der Waals surface area (Å²) in [7, 11) is 0. The summed E-state index contributed by atoms with van der Waals surface area (Å²) >= 11 is 0. The third kappa shape index (κ3) is 5.24. The lowest BCUT2D eigenvalue weighted by molar-refractivity contribution is -0.147. The van der Waals surface area contributed by atoms with Gasteiger partial charge in [0.1, 0.15) is 12.4 Å². The number of hydrogen-bond acceptors (Lipinski definition) is 2. The van der Waals surface area contributed by atoms with E-state index in [-0.39, 0.29) is 0 Å². The molecule has 0 saturated carbocycles. The second-order valence-electron chi connectivity index (χ2n) is 6.96. The van der Waals surface area contributed by atoms with Crippen molar-refractivity contribution in [2.24, 2.45) is 0 Å². The van der Waals surface area contributed by atoms with Crippen molar-refractivity contribution in [3.63, 3.8) is 0 Å². The van der Waals surface area contributed by atoms with E-state index >= 15 is 0 Å². The Bertz CT molecular complexity index is 707. The van der Waals surface area contributed by atoms with Gasteiger partial charge in [-0.25, -0.2) is 0 Å². The Kier molecular flexibility index (Phi) is 5.87. The first kappa shape index (κ1) is 18.8. The molecule has 2 nitrogen and oxygen atoms in total. The minimum Gasteiger partial charge on any atom is -0.489 e. The second kappa shape index (κ2) is 8.12. The van der Waals surface area contributed by atoms with E-state index in [1.165, 1.54) is 10.5 Å². The Morgan fingerprint density at radius 3 is 2.35 bits per heavy atom. The van der Waals surface area contributed by atoms with E-state index in [0.717, 1.165) is 29.7 Å². The Labute approximate surface area is 152 Å². The predicted molar refractivity (Wildman–Crippen MR) is 96.4 cm³/mol. The van der Waals surface area contributed by atoms with Gasteiger partial charge < -0.3 is 4.74 Å². The maximum Gasteiger partial charge on any atom is 0.401 e. The van der Waals surface area contributed by atoms with Crippen molar-refractivity contribution in [2.75, 3.05) is 19.6 Å². The predicted octanol–water partition coefficient (Wildman–Crippen LogP) is 5.32. The molecule has 5 heteroatoms. The highest BCUT2D eigenvalue weighted by atomic mass is 19.4. The first-order chi connectivity index (χ1) is 12.4. The first-order valence-electron chi connectivity index (χ1n) is 8.97. The van der Waals surface area contributed by atoms with E-state index in [0.29, 0.717) is 25.6 Å². The van der Waals surface area contributed by atoms with Gasteiger partial charge >= 0.3 is 6.18 Å². The molecule has 1 aliphatic heterocycles. The van der Waals surface area contributed by atoms with Crippen LogP contribution in [0.25, 0.3) is 0 Å². The van der Waals surface area contributed by atoms with Crippen molar-refractivity contribution in [1.29, 1.82) is 0 Å². The monoisotopic (exact) mass is 363 g/mol. The highest BCUT2D eigenvalue weighted by molar-refractivity contribution is 5.38. The summed E-state index contributed by atoms with van der Waals surface area (Å²) < 4.78 is 43.4. The molecule has 3 rings (SSSR count). The van der Waals surface area contributed by atoms with E-state index < -0.39 is 12.7 Å². The zero-order chi connectivity index (χ0) is 18.6. The molecule has 0 amide bonds. The van der Waals surface area contributed by atoms with Gasteiger partial charge in [0.25, 0.3) is 0 Å². The summed E-state index contributed by atoms with van der Waals surface area (Å²) in [5.41, 5.74) is 3.38. The number of ether oxygens (including phenoxy) is 1. The molecule has 2 aromatic carbocycles.